The maximum Gasteiger partial charge on any atom is 0.261 e. The second kappa shape index (κ2) is 8.40. The molecule has 2 heterocycles. The number of piperidine rings is 1. The molecule has 1 N–H and O–H groups in total. The molecule has 0 bridgehead atoms. The van der Waals surface area contributed by atoms with Crippen molar-refractivity contribution in [2.45, 2.75) is 38.6 Å². The molecule has 8 nitrogen and oxygen atoms in total. The SMILES string of the molecule is CCS(=O)(=O)N1CCC(NC(=O)CCCN2C(=O)c3ccccc3C2=O)CC1. The minimum Gasteiger partial charge on any atom is -0.353 e. The van der Waals surface area contributed by atoms with Crippen molar-refractivity contribution in [2.75, 3.05) is 25.4 Å². The third kappa shape index (κ3) is 4.25. The molecule has 0 aliphatic carbocycles. The minimum absolute atomic E-state index is 0.0462. The van der Waals surface area contributed by atoms with Gasteiger partial charge in [-0.2, -0.15) is 0 Å². The molecule has 0 aromatic heterocycles. The molecular formula is C19H25N3O5S. The summed E-state index contributed by atoms with van der Waals surface area (Å²) in [6, 6.07) is 6.66. The molecule has 3 rings (SSSR count). The summed E-state index contributed by atoms with van der Waals surface area (Å²) >= 11 is 0. The number of hydrogen-bond donors (Lipinski definition) is 1. The number of hydrogen-bond acceptors (Lipinski definition) is 5. The van der Waals surface area contributed by atoms with Crippen LogP contribution < -0.4 is 5.32 Å². The maximum atomic E-state index is 12.3. The fraction of sp³-hybridized carbons (Fsp3) is 0.526. The number of carbonyl (C=O) groups excluding carboxylic acids is 3. The highest BCUT2D eigenvalue weighted by atomic mass is 32.2. The van der Waals surface area contributed by atoms with Gasteiger partial charge in [0.1, 0.15) is 0 Å². The third-order valence-corrected chi connectivity index (χ3v) is 7.12. The van der Waals surface area contributed by atoms with E-state index < -0.39 is 10.0 Å². The van der Waals surface area contributed by atoms with E-state index in [0.717, 1.165) is 0 Å². The van der Waals surface area contributed by atoms with E-state index in [0.29, 0.717) is 43.5 Å². The zero-order valence-corrected chi connectivity index (χ0v) is 16.7. The van der Waals surface area contributed by atoms with Crippen molar-refractivity contribution in [3.8, 4) is 0 Å². The Kier molecular flexibility index (Phi) is 6.14. The molecule has 1 aromatic rings. The van der Waals surface area contributed by atoms with Gasteiger partial charge in [-0.15, -0.1) is 0 Å². The molecule has 2 aliphatic rings. The van der Waals surface area contributed by atoms with Crippen LogP contribution in [0, 0.1) is 0 Å². The van der Waals surface area contributed by atoms with Gasteiger partial charge in [-0.05, 0) is 38.3 Å². The normalized spacial score (nSPS) is 18.4. The van der Waals surface area contributed by atoms with Gasteiger partial charge in [0.25, 0.3) is 11.8 Å². The van der Waals surface area contributed by atoms with E-state index in [1.54, 1.807) is 31.2 Å². The number of rotatable bonds is 7. The van der Waals surface area contributed by atoms with Gasteiger partial charge in [-0.25, -0.2) is 12.7 Å². The van der Waals surface area contributed by atoms with Crippen LogP contribution >= 0.6 is 0 Å². The average molecular weight is 407 g/mol. The summed E-state index contributed by atoms with van der Waals surface area (Å²) in [4.78, 5) is 37.9. The van der Waals surface area contributed by atoms with E-state index in [4.69, 9.17) is 0 Å². The van der Waals surface area contributed by atoms with Gasteiger partial charge in [0.05, 0.1) is 16.9 Å². The van der Waals surface area contributed by atoms with E-state index in [1.165, 1.54) is 9.21 Å². The molecule has 1 fully saturated rings. The first-order valence-corrected chi connectivity index (χ1v) is 11.2. The zero-order chi connectivity index (χ0) is 20.3. The molecule has 3 amide bonds. The summed E-state index contributed by atoms with van der Waals surface area (Å²) in [5.41, 5.74) is 0.816. The van der Waals surface area contributed by atoms with Gasteiger partial charge in [-0.3, -0.25) is 19.3 Å². The second-order valence-electron chi connectivity index (χ2n) is 7.05. The Balaban J connectivity index is 1.42. The summed E-state index contributed by atoms with van der Waals surface area (Å²) in [6.07, 6.45) is 1.77. The summed E-state index contributed by atoms with van der Waals surface area (Å²) in [5, 5.41) is 2.93. The van der Waals surface area contributed by atoms with Crippen LogP contribution in [0.4, 0.5) is 0 Å². The Bertz CT molecular complexity index is 840. The van der Waals surface area contributed by atoms with E-state index in [-0.39, 0.29) is 42.5 Å². The molecular weight excluding hydrogens is 382 g/mol. The highest BCUT2D eigenvalue weighted by molar-refractivity contribution is 7.89. The maximum absolute atomic E-state index is 12.3. The van der Waals surface area contributed by atoms with Crippen molar-refractivity contribution in [3.05, 3.63) is 35.4 Å². The van der Waals surface area contributed by atoms with Crippen molar-refractivity contribution >= 4 is 27.7 Å². The molecule has 152 valence electrons. The topological polar surface area (TPSA) is 104 Å². The number of sulfonamides is 1. The molecule has 0 radical (unpaired) electrons. The van der Waals surface area contributed by atoms with Crippen LogP contribution in [0.2, 0.25) is 0 Å². The predicted molar refractivity (Wildman–Crippen MR) is 103 cm³/mol. The van der Waals surface area contributed by atoms with Gasteiger partial charge in [0.2, 0.25) is 15.9 Å². The van der Waals surface area contributed by atoms with Crippen LogP contribution in [0.5, 0.6) is 0 Å². The Morgan fingerprint density at radius 1 is 1.11 bits per heavy atom. The van der Waals surface area contributed by atoms with Crippen LogP contribution in [0.15, 0.2) is 24.3 Å². The van der Waals surface area contributed by atoms with Gasteiger partial charge >= 0.3 is 0 Å². The molecule has 1 aromatic carbocycles. The second-order valence-corrected chi connectivity index (χ2v) is 9.31. The minimum atomic E-state index is -3.18. The van der Waals surface area contributed by atoms with Crippen LogP contribution in [-0.2, 0) is 14.8 Å². The van der Waals surface area contributed by atoms with Gasteiger partial charge in [-0.1, -0.05) is 12.1 Å². The van der Waals surface area contributed by atoms with Crippen molar-refractivity contribution in [3.63, 3.8) is 0 Å². The fourth-order valence-corrected chi connectivity index (χ4v) is 4.73. The zero-order valence-electron chi connectivity index (χ0n) is 15.9. The lowest BCUT2D eigenvalue weighted by atomic mass is 10.1. The Hall–Kier alpha value is -2.26. The molecule has 28 heavy (non-hydrogen) atoms. The Labute approximate surface area is 164 Å². The van der Waals surface area contributed by atoms with Crippen LogP contribution in [0.3, 0.4) is 0 Å². The average Bonchev–Trinajstić information content (AvgIpc) is 2.93. The third-order valence-electron chi connectivity index (χ3n) is 5.24. The van der Waals surface area contributed by atoms with E-state index >= 15 is 0 Å². The first kappa shape index (κ1) is 20.5. The summed E-state index contributed by atoms with van der Waals surface area (Å²) in [6.45, 7) is 2.65. The molecule has 2 aliphatic heterocycles. The lowest BCUT2D eigenvalue weighted by Gasteiger charge is -2.31. The van der Waals surface area contributed by atoms with Crippen molar-refractivity contribution in [2.24, 2.45) is 0 Å². The van der Waals surface area contributed by atoms with Gasteiger partial charge in [0, 0.05) is 32.1 Å². The number of fused-ring (bicyclic) bond motifs is 1. The lowest BCUT2D eigenvalue weighted by Crippen LogP contribution is -2.46. The molecule has 0 atom stereocenters. The summed E-state index contributed by atoms with van der Waals surface area (Å²) in [7, 11) is -3.18. The van der Waals surface area contributed by atoms with Crippen molar-refractivity contribution < 1.29 is 22.8 Å². The first-order valence-electron chi connectivity index (χ1n) is 9.56. The number of amides is 3. The van der Waals surface area contributed by atoms with Crippen LogP contribution in [0.25, 0.3) is 0 Å². The predicted octanol–water partition coefficient (Wildman–Crippen LogP) is 0.993. The fourth-order valence-electron chi connectivity index (χ4n) is 3.60. The first-order chi connectivity index (χ1) is 13.3. The lowest BCUT2D eigenvalue weighted by molar-refractivity contribution is -0.122. The van der Waals surface area contributed by atoms with Crippen molar-refractivity contribution in [1.29, 1.82) is 0 Å². The summed E-state index contributed by atoms with van der Waals surface area (Å²) < 4.78 is 25.2. The molecule has 9 heteroatoms. The van der Waals surface area contributed by atoms with Crippen LogP contribution in [-0.4, -0.2) is 66.8 Å². The molecule has 0 unspecified atom stereocenters. The van der Waals surface area contributed by atoms with E-state index in [9.17, 15) is 22.8 Å². The number of carbonyl (C=O) groups is 3. The molecule has 0 spiro atoms. The Morgan fingerprint density at radius 3 is 2.21 bits per heavy atom. The standard InChI is InChI=1S/C19H25N3O5S/c1-2-28(26,27)21-12-9-14(10-13-21)20-17(23)8-5-11-22-18(24)15-6-3-4-7-16(15)19(22)25/h3-4,6-7,14H,2,5,8-13H2,1H3,(H,20,23). The molecule has 1 saturated heterocycles. The number of nitrogens with zero attached hydrogens (tertiary/aromatic N) is 2. The van der Waals surface area contributed by atoms with E-state index in [2.05, 4.69) is 5.32 Å². The van der Waals surface area contributed by atoms with Gasteiger partial charge < -0.3 is 5.32 Å². The smallest absolute Gasteiger partial charge is 0.261 e. The van der Waals surface area contributed by atoms with Crippen LogP contribution in [0.1, 0.15) is 53.3 Å². The molecule has 0 saturated carbocycles. The highest BCUT2D eigenvalue weighted by Crippen LogP contribution is 2.22. The number of benzene rings is 1. The number of imide groups is 1. The van der Waals surface area contributed by atoms with E-state index in [1.807, 2.05) is 0 Å². The quantitative estimate of drug-likeness (QED) is 0.679. The highest BCUT2D eigenvalue weighted by Gasteiger charge is 2.34. The summed E-state index contributed by atoms with van der Waals surface area (Å²) in [5.74, 6) is -0.689. The Morgan fingerprint density at radius 2 is 1.68 bits per heavy atom. The van der Waals surface area contributed by atoms with Crippen molar-refractivity contribution in [1.82, 2.24) is 14.5 Å². The van der Waals surface area contributed by atoms with Gasteiger partial charge in [0.15, 0.2) is 0 Å². The monoisotopic (exact) mass is 407 g/mol. The number of nitrogens with one attached hydrogen (secondary N) is 1. The largest absolute Gasteiger partial charge is 0.353 e.